The van der Waals surface area contributed by atoms with Crippen LogP contribution in [0.5, 0.6) is 5.75 Å². The van der Waals surface area contributed by atoms with Crippen molar-refractivity contribution in [1.82, 2.24) is 0 Å². The van der Waals surface area contributed by atoms with Crippen molar-refractivity contribution in [3.05, 3.63) is 28.3 Å². The van der Waals surface area contributed by atoms with E-state index in [2.05, 4.69) is 6.92 Å². The number of aromatic hydroxyl groups is 1. The van der Waals surface area contributed by atoms with E-state index in [1.165, 1.54) is 83.5 Å². The van der Waals surface area contributed by atoms with Gasteiger partial charge in [0.2, 0.25) is 0 Å². The lowest BCUT2D eigenvalue weighted by molar-refractivity contribution is -0.143. The molecule has 0 saturated carbocycles. The highest BCUT2D eigenvalue weighted by atomic mass is 32.2. The monoisotopic (exact) mass is 620 g/mol. The van der Waals surface area contributed by atoms with Gasteiger partial charge >= 0.3 is 11.9 Å². The zero-order valence-corrected chi connectivity index (χ0v) is 29.8. The normalized spacial score (nSPS) is 12.0. The summed E-state index contributed by atoms with van der Waals surface area (Å²) in [5, 5.41) is 11.2. The van der Waals surface area contributed by atoms with Crippen molar-refractivity contribution in [2.24, 2.45) is 0 Å². The van der Waals surface area contributed by atoms with Crippen LogP contribution in [0.3, 0.4) is 0 Å². The summed E-state index contributed by atoms with van der Waals surface area (Å²) in [6, 6.07) is 1.78. The first-order valence-electron chi connectivity index (χ1n) is 17.2. The first-order valence-corrected chi connectivity index (χ1v) is 18.1. The number of benzene rings is 1. The van der Waals surface area contributed by atoms with Gasteiger partial charge in [0.15, 0.2) is 0 Å². The Balaban J connectivity index is 2.26. The Morgan fingerprint density at radius 1 is 0.744 bits per heavy atom. The molecule has 0 aliphatic carbocycles. The second kappa shape index (κ2) is 21.1. The number of carbonyl (C=O) groups excluding carboxylic acids is 2. The van der Waals surface area contributed by atoms with Crippen LogP contribution in [-0.2, 0) is 31.0 Å². The highest BCUT2D eigenvalue weighted by molar-refractivity contribution is 7.95. The van der Waals surface area contributed by atoms with Crippen molar-refractivity contribution in [3.8, 4) is 5.75 Å². The number of esters is 1. The third kappa shape index (κ3) is 15.7. The van der Waals surface area contributed by atoms with E-state index in [0.29, 0.717) is 24.2 Å². The maximum Gasteiger partial charge on any atom is 0.350 e. The van der Waals surface area contributed by atoms with Gasteiger partial charge in [0.05, 0.1) is 23.4 Å². The minimum Gasteiger partial charge on any atom is -0.507 e. The van der Waals surface area contributed by atoms with E-state index in [9.17, 15) is 14.7 Å². The first kappa shape index (κ1) is 39.3. The molecule has 0 spiro atoms. The lowest BCUT2D eigenvalue weighted by atomic mass is 9.75. The molecule has 0 heterocycles. The average Bonchev–Trinajstić information content (AvgIpc) is 2.93. The van der Waals surface area contributed by atoms with E-state index in [1.54, 1.807) is 6.07 Å². The second-order valence-corrected chi connectivity index (χ2v) is 15.0. The van der Waals surface area contributed by atoms with Crippen LogP contribution in [0.25, 0.3) is 0 Å². The van der Waals surface area contributed by atoms with Gasteiger partial charge in [-0.05, 0) is 35.3 Å². The van der Waals surface area contributed by atoms with E-state index < -0.39 is 5.97 Å². The fourth-order valence-electron chi connectivity index (χ4n) is 5.68. The molecule has 0 saturated heterocycles. The van der Waals surface area contributed by atoms with Gasteiger partial charge in [-0.2, -0.15) is 0 Å². The number of hydrogen-bond acceptors (Lipinski definition) is 6. The zero-order chi connectivity index (χ0) is 32.3. The third-order valence-electron chi connectivity index (χ3n) is 8.09. The van der Waals surface area contributed by atoms with Crippen molar-refractivity contribution < 1.29 is 23.6 Å². The maximum absolute atomic E-state index is 13.1. The Bertz CT molecular complexity index is 942. The molecule has 0 aliphatic rings. The lowest BCUT2D eigenvalue weighted by Crippen LogP contribution is -2.22. The number of unbranched alkanes of at least 4 members (excludes halogenated alkanes) is 14. The van der Waals surface area contributed by atoms with Crippen LogP contribution in [0.2, 0.25) is 0 Å². The highest BCUT2D eigenvalue weighted by Gasteiger charge is 2.32. The molecule has 0 unspecified atom stereocenters. The molecule has 0 bridgehead atoms. The molecule has 6 heteroatoms. The molecule has 1 rings (SSSR count). The first-order chi connectivity index (χ1) is 20.3. The van der Waals surface area contributed by atoms with Crippen molar-refractivity contribution in [1.29, 1.82) is 0 Å². The molecule has 5 nitrogen and oxygen atoms in total. The lowest BCUT2D eigenvalue weighted by Gasteiger charge is -2.30. The summed E-state index contributed by atoms with van der Waals surface area (Å²) < 4.78 is 10.9. The summed E-state index contributed by atoms with van der Waals surface area (Å²) in [5.74, 6) is 0.0378. The molecular formula is C37H64O5S. The summed E-state index contributed by atoms with van der Waals surface area (Å²) >= 11 is 1.01. The molecule has 0 aliphatic heterocycles. The summed E-state index contributed by atoms with van der Waals surface area (Å²) in [6.07, 6.45) is 20.5. The zero-order valence-electron chi connectivity index (χ0n) is 29.0. The fourth-order valence-corrected chi connectivity index (χ4v) is 6.11. The Morgan fingerprint density at radius 2 is 1.23 bits per heavy atom. The molecule has 1 aromatic carbocycles. The summed E-state index contributed by atoms with van der Waals surface area (Å²) in [5.41, 5.74) is 2.18. The standard InChI is InChI=1S/C37H64O5S/c1-9-11-12-13-14-15-16-17-18-19-20-21-22-23-24-25-32(38)41-26-27-43-42-35(40)30-28-31(36(3,4)5)34(39)33(29(30)10-2)37(6,7)8/h28,39H,9-27H2,1-8H3. The summed E-state index contributed by atoms with van der Waals surface area (Å²) in [4.78, 5) is 25.2. The number of phenolic OH excluding ortho intramolecular Hbond substituents is 1. The average molecular weight is 621 g/mol. The number of carbonyl (C=O) groups is 2. The van der Waals surface area contributed by atoms with Gasteiger partial charge < -0.3 is 14.0 Å². The number of hydrogen-bond donors (Lipinski definition) is 1. The van der Waals surface area contributed by atoms with E-state index in [0.717, 1.165) is 41.6 Å². The van der Waals surface area contributed by atoms with Gasteiger partial charge in [-0.25, -0.2) is 4.79 Å². The van der Waals surface area contributed by atoms with E-state index in [-0.39, 0.29) is 29.2 Å². The van der Waals surface area contributed by atoms with Gasteiger partial charge in [0.1, 0.15) is 12.4 Å². The van der Waals surface area contributed by atoms with Crippen molar-refractivity contribution >= 4 is 24.0 Å². The highest BCUT2D eigenvalue weighted by Crippen LogP contribution is 2.43. The Kier molecular flexibility index (Phi) is 19.3. The van der Waals surface area contributed by atoms with E-state index >= 15 is 0 Å². The number of ether oxygens (including phenoxy) is 1. The fraction of sp³-hybridized carbons (Fsp3) is 0.784. The third-order valence-corrected chi connectivity index (χ3v) is 8.69. The van der Waals surface area contributed by atoms with Crippen LogP contribution < -0.4 is 0 Å². The minimum absolute atomic E-state index is 0.182. The van der Waals surface area contributed by atoms with E-state index in [4.69, 9.17) is 8.92 Å². The van der Waals surface area contributed by atoms with Crippen LogP contribution in [0, 0.1) is 0 Å². The second-order valence-electron chi connectivity index (χ2n) is 14.1. The van der Waals surface area contributed by atoms with Gasteiger partial charge in [0.25, 0.3) is 0 Å². The molecule has 248 valence electrons. The van der Waals surface area contributed by atoms with Gasteiger partial charge in [0, 0.05) is 17.5 Å². The molecule has 1 N–H and O–H groups in total. The molecule has 0 radical (unpaired) electrons. The van der Waals surface area contributed by atoms with Crippen molar-refractivity contribution in [3.63, 3.8) is 0 Å². The van der Waals surface area contributed by atoms with Gasteiger partial charge in [-0.3, -0.25) is 4.79 Å². The van der Waals surface area contributed by atoms with Crippen LogP contribution in [-0.4, -0.2) is 29.4 Å². The van der Waals surface area contributed by atoms with Crippen molar-refractivity contribution in [2.75, 3.05) is 12.4 Å². The van der Waals surface area contributed by atoms with Crippen LogP contribution in [0.15, 0.2) is 6.07 Å². The Morgan fingerprint density at radius 3 is 1.67 bits per heavy atom. The van der Waals surface area contributed by atoms with Crippen molar-refractivity contribution in [2.45, 2.75) is 175 Å². The topological polar surface area (TPSA) is 72.8 Å². The maximum atomic E-state index is 13.1. The molecule has 0 amide bonds. The predicted octanol–water partition coefficient (Wildman–Crippen LogP) is 11.2. The number of phenols is 1. The Labute approximate surface area is 268 Å². The quantitative estimate of drug-likeness (QED) is 0.0790. The minimum atomic E-state index is -0.429. The molecule has 0 atom stereocenters. The smallest absolute Gasteiger partial charge is 0.350 e. The van der Waals surface area contributed by atoms with Crippen LogP contribution >= 0.6 is 12.0 Å². The van der Waals surface area contributed by atoms with Gasteiger partial charge in [-0.1, -0.05) is 145 Å². The molecule has 43 heavy (non-hydrogen) atoms. The van der Waals surface area contributed by atoms with Crippen LogP contribution in [0.1, 0.15) is 185 Å². The molecule has 1 aromatic rings. The van der Waals surface area contributed by atoms with Gasteiger partial charge in [-0.15, -0.1) is 0 Å². The molecule has 0 fully saturated rings. The summed E-state index contributed by atoms with van der Waals surface area (Å²) in [6.45, 7) is 16.7. The van der Waals surface area contributed by atoms with Crippen LogP contribution in [0.4, 0.5) is 0 Å². The largest absolute Gasteiger partial charge is 0.507 e. The summed E-state index contributed by atoms with van der Waals surface area (Å²) in [7, 11) is 0. The number of rotatable bonds is 22. The predicted molar refractivity (Wildman–Crippen MR) is 183 cm³/mol. The molecular weight excluding hydrogens is 556 g/mol. The SMILES string of the molecule is CCCCCCCCCCCCCCCCCC(=O)OCCSOC(=O)c1cc(C(C)(C)C)c(O)c(C(C)(C)C)c1CC. The van der Waals surface area contributed by atoms with E-state index in [1.807, 2.05) is 48.5 Å². The Hall–Kier alpha value is -1.69. The molecule has 0 aromatic heterocycles.